The zero-order chi connectivity index (χ0) is 18.2. The number of para-hydroxylation sites is 1. The summed E-state index contributed by atoms with van der Waals surface area (Å²) in [6.45, 7) is -0.158. The second-order valence-corrected chi connectivity index (χ2v) is 6.05. The van der Waals surface area contributed by atoms with Crippen LogP contribution in [-0.4, -0.2) is 16.9 Å². The van der Waals surface area contributed by atoms with Crippen molar-refractivity contribution in [1.82, 2.24) is 4.57 Å². The molecule has 0 amide bonds. The minimum Gasteiger partial charge on any atom is -0.376 e. The number of hydrogen-bond donors (Lipinski definition) is 1. The van der Waals surface area contributed by atoms with Crippen molar-refractivity contribution in [1.29, 1.82) is 0 Å². The Kier molecular flexibility index (Phi) is 4.47. The fourth-order valence-electron chi connectivity index (χ4n) is 2.67. The molecule has 0 aliphatic carbocycles. The Labute approximate surface area is 147 Å². The Morgan fingerprint density at radius 2 is 1.92 bits per heavy atom. The summed E-state index contributed by atoms with van der Waals surface area (Å²) in [6, 6.07) is 10.4. The van der Waals surface area contributed by atoms with Crippen molar-refractivity contribution in [2.24, 2.45) is 7.05 Å². The topological polar surface area (TPSA) is 34.0 Å². The van der Waals surface area contributed by atoms with E-state index in [4.69, 9.17) is 11.6 Å². The van der Waals surface area contributed by atoms with Crippen molar-refractivity contribution in [3.8, 4) is 0 Å². The second kappa shape index (κ2) is 6.44. The number of nitrogens with zero attached hydrogens (tertiary/aromatic N) is 1. The van der Waals surface area contributed by atoms with Gasteiger partial charge in [-0.15, -0.1) is 0 Å². The molecule has 0 aliphatic rings. The van der Waals surface area contributed by atoms with Gasteiger partial charge in [-0.1, -0.05) is 29.8 Å². The molecular formula is C18H14ClF3N2O. The Morgan fingerprint density at radius 1 is 1.20 bits per heavy atom. The second-order valence-electron chi connectivity index (χ2n) is 5.64. The summed E-state index contributed by atoms with van der Waals surface area (Å²) in [6.07, 6.45) is -2.76. The molecule has 3 nitrogen and oxygen atoms in total. The average molecular weight is 367 g/mol. The van der Waals surface area contributed by atoms with Crippen molar-refractivity contribution in [2.75, 3.05) is 11.9 Å². The molecule has 130 valence electrons. The normalized spacial score (nSPS) is 11.7. The molecule has 0 fully saturated rings. The van der Waals surface area contributed by atoms with E-state index >= 15 is 0 Å². The van der Waals surface area contributed by atoms with Crippen LogP contribution in [-0.2, 0) is 13.2 Å². The zero-order valence-electron chi connectivity index (χ0n) is 13.2. The van der Waals surface area contributed by atoms with Gasteiger partial charge in [0.05, 0.1) is 22.8 Å². The van der Waals surface area contributed by atoms with Crippen molar-refractivity contribution < 1.29 is 18.0 Å². The summed E-state index contributed by atoms with van der Waals surface area (Å²) in [5.41, 5.74) is 0.665. The first-order chi connectivity index (χ1) is 11.8. The van der Waals surface area contributed by atoms with Gasteiger partial charge < -0.3 is 9.88 Å². The van der Waals surface area contributed by atoms with E-state index in [9.17, 15) is 18.0 Å². The van der Waals surface area contributed by atoms with E-state index in [1.165, 1.54) is 0 Å². The van der Waals surface area contributed by atoms with Crippen LogP contribution in [0.1, 0.15) is 15.9 Å². The van der Waals surface area contributed by atoms with Crippen molar-refractivity contribution >= 4 is 34.0 Å². The predicted molar refractivity (Wildman–Crippen MR) is 92.2 cm³/mol. The van der Waals surface area contributed by atoms with Crippen LogP contribution in [0.5, 0.6) is 0 Å². The third-order valence-corrected chi connectivity index (χ3v) is 4.26. The summed E-state index contributed by atoms with van der Waals surface area (Å²) in [5.74, 6) is -0.231. The van der Waals surface area contributed by atoms with Gasteiger partial charge in [0.1, 0.15) is 0 Å². The Bertz CT molecular complexity index is 947. The van der Waals surface area contributed by atoms with Crippen LogP contribution in [0.4, 0.5) is 18.9 Å². The lowest BCUT2D eigenvalue weighted by atomic mass is 10.1. The number of carbonyl (C=O) groups is 1. The number of halogens is 4. The molecule has 0 saturated heterocycles. The molecule has 1 N–H and O–H groups in total. The highest BCUT2D eigenvalue weighted by Gasteiger charge is 2.31. The van der Waals surface area contributed by atoms with Crippen LogP contribution in [0.3, 0.4) is 0 Å². The zero-order valence-corrected chi connectivity index (χ0v) is 13.9. The quantitative estimate of drug-likeness (QED) is 0.648. The van der Waals surface area contributed by atoms with Crippen LogP contribution in [0, 0.1) is 0 Å². The molecule has 0 saturated carbocycles. The van der Waals surface area contributed by atoms with Gasteiger partial charge in [0, 0.05) is 29.7 Å². The highest BCUT2D eigenvalue weighted by molar-refractivity contribution is 6.33. The number of fused-ring (bicyclic) bond motifs is 1. The van der Waals surface area contributed by atoms with E-state index in [2.05, 4.69) is 5.32 Å². The Balaban J connectivity index is 1.83. The lowest BCUT2D eigenvalue weighted by Crippen LogP contribution is -2.15. The predicted octanol–water partition coefficient (Wildman–Crippen LogP) is 5.15. The first-order valence-electron chi connectivity index (χ1n) is 7.45. The van der Waals surface area contributed by atoms with Gasteiger partial charge in [-0.2, -0.15) is 13.2 Å². The number of hydrogen-bond acceptors (Lipinski definition) is 2. The lowest BCUT2D eigenvalue weighted by Gasteiger charge is -2.12. The molecule has 1 aromatic heterocycles. The van der Waals surface area contributed by atoms with Gasteiger partial charge in [0.25, 0.3) is 0 Å². The first kappa shape index (κ1) is 17.4. The maximum Gasteiger partial charge on any atom is 0.416 e. The highest BCUT2D eigenvalue weighted by Crippen LogP contribution is 2.33. The minimum atomic E-state index is -4.47. The third kappa shape index (κ3) is 3.49. The van der Waals surface area contributed by atoms with Gasteiger partial charge in [-0.25, -0.2) is 0 Å². The monoisotopic (exact) mass is 366 g/mol. The maximum absolute atomic E-state index is 12.8. The van der Waals surface area contributed by atoms with Gasteiger partial charge in [-0.05, 0) is 24.3 Å². The molecular weight excluding hydrogens is 353 g/mol. The molecule has 0 unspecified atom stereocenters. The molecule has 0 radical (unpaired) electrons. The van der Waals surface area contributed by atoms with E-state index in [1.807, 2.05) is 35.9 Å². The molecule has 0 spiro atoms. The maximum atomic E-state index is 12.8. The van der Waals surface area contributed by atoms with E-state index < -0.39 is 11.7 Å². The number of nitrogens with one attached hydrogen (secondary N) is 1. The molecule has 0 bridgehead atoms. The molecule has 25 heavy (non-hydrogen) atoms. The summed E-state index contributed by atoms with van der Waals surface area (Å²) < 4.78 is 40.2. The fraction of sp³-hybridized carbons (Fsp3) is 0.167. The number of aromatic nitrogens is 1. The molecule has 1 heterocycles. The van der Waals surface area contributed by atoms with Crippen LogP contribution < -0.4 is 5.32 Å². The van der Waals surface area contributed by atoms with Crippen LogP contribution in [0.25, 0.3) is 10.9 Å². The van der Waals surface area contributed by atoms with Gasteiger partial charge >= 0.3 is 6.18 Å². The smallest absolute Gasteiger partial charge is 0.376 e. The number of Topliss-reactive ketones (excluding diaryl/α,β-unsaturated/α-hetero) is 1. The molecule has 0 atom stereocenters. The Morgan fingerprint density at radius 3 is 2.64 bits per heavy atom. The van der Waals surface area contributed by atoms with E-state index in [0.29, 0.717) is 5.56 Å². The number of carbonyl (C=O) groups excluding carboxylic acids is 1. The third-order valence-electron chi connectivity index (χ3n) is 3.93. The van der Waals surface area contributed by atoms with Crippen molar-refractivity contribution in [3.63, 3.8) is 0 Å². The molecule has 0 aliphatic heterocycles. The first-order valence-corrected chi connectivity index (χ1v) is 7.83. The number of ketones is 1. The molecule has 2 aromatic carbocycles. The van der Waals surface area contributed by atoms with Crippen LogP contribution in [0.2, 0.25) is 5.02 Å². The average Bonchev–Trinajstić information content (AvgIpc) is 2.90. The number of anilines is 1. The summed E-state index contributed by atoms with van der Waals surface area (Å²) in [7, 11) is 1.83. The number of alkyl halides is 3. The molecule has 7 heteroatoms. The largest absolute Gasteiger partial charge is 0.416 e. The van der Waals surface area contributed by atoms with E-state index in [-0.39, 0.29) is 23.0 Å². The van der Waals surface area contributed by atoms with Gasteiger partial charge in [-0.3, -0.25) is 4.79 Å². The summed E-state index contributed by atoms with van der Waals surface area (Å²) >= 11 is 5.93. The summed E-state index contributed by atoms with van der Waals surface area (Å²) in [4.78, 5) is 12.5. The minimum absolute atomic E-state index is 0.0741. The fourth-order valence-corrected chi connectivity index (χ4v) is 2.86. The number of aryl methyl sites for hydroxylation is 1. The summed E-state index contributed by atoms with van der Waals surface area (Å²) in [5, 5.41) is 3.63. The van der Waals surface area contributed by atoms with Gasteiger partial charge in [0.2, 0.25) is 0 Å². The highest BCUT2D eigenvalue weighted by atomic mass is 35.5. The standard InChI is InChI=1S/C18H14ClF3N2O/c1-24-10-13(12-4-2-3-5-16(12)24)17(25)9-23-15-8-11(18(20,21)22)6-7-14(15)19/h2-8,10,23H,9H2,1H3. The lowest BCUT2D eigenvalue weighted by molar-refractivity contribution is -0.137. The van der Waals surface area contributed by atoms with Gasteiger partial charge in [0.15, 0.2) is 5.78 Å². The van der Waals surface area contributed by atoms with Crippen molar-refractivity contribution in [2.45, 2.75) is 6.18 Å². The SMILES string of the molecule is Cn1cc(C(=O)CNc2cc(C(F)(F)F)ccc2Cl)c2ccccc21. The van der Waals surface area contributed by atoms with Crippen LogP contribution >= 0.6 is 11.6 Å². The molecule has 3 aromatic rings. The van der Waals surface area contributed by atoms with E-state index in [0.717, 1.165) is 29.1 Å². The van der Waals surface area contributed by atoms with Crippen LogP contribution in [0.15, 0.2) is 48.7 Å². The van der Waals surface area contributed by atoms with E-state index in [1.54, 1.807) is 6.20 Å². The van der Waals surface area contributed by atoms with Crippen molar-refractivity contribution in [3.05, 3.63) is 64.8 Å². The number of benzene rings is 2. The molecule has 3 rings (SSSR count). The number of rotatable bonds is 4. The Hall–Kier alpha value is -2.47.